The molecular formula is C14H14ClFN2O2. The van der Waals surface area contributed by atoms with E-state index in [1.165, 1.54) is 18.2 Å². The number of halogens is 2. The number of nitrogens with zero attached hydrogens (tertiary/aromatic N) is 1. The predicted octanol–water partition coefficient (Wildman–Crippen LogP) is 4.15. The first-order valence-corrected chi connectivity index (χ1v) is 6.50. The molecule has 1 amide bonds. The van der Waals surface area contributed by atoms with Gasteiger partial charge in [0.1, 0.15) is 11.6 Å². The summed E-state index contributed by atoms with van der Waals surface area (Å²) < 4.78 is 18.2. The Bertz CT molecular complexity index is 653. The van der Waals surface area contributed by atoms with Gasteiger partial charge in [-0.1, -0.05) is 30.6 Å². The van der Waals surface area contributed by atoms with Crippen LogP contribution in [0.3, 0.4) is 0 Å². The van der Waals surface area contributed by atoms with Gasteiger partial charge in [-0.3, -0.25) is 4.79 Å². The maximum Gasteiger partial charge on any atom is 0.278 e. The first kappa shape index (κ1) is 14.5. The first-order chi connectivity index (χ1) is 9.40. The van der Waals surface area contributed by atoms with Gasteiger partial charge in [0.25, 0.3) is 5.91 Å². The van der Waals surface area contributed by atoms with E-state index in [-0.39, 0.29) is 16.6 Å². The lowest BCUT2D eigenvalue weighted by Crippen LogP contribution is -2.13. The number of anilines is 1. The van der Waals surface area contributed by atoms with Crippen molar-refractivity contribution in [1.29, 1.82) is 0 Å². The molecule has 106 valence electrons. The third-order valence-corrected chi connectivity index (χ3v) is 3.17. The second-order valence-electron chi connectivity index (χ2n) is 4.76. The molecule has 0 saturated heterocycles. The van der Waals surface area contributed by atoms with Crippen LogP contribution in [-0.4, -0.2) is 11.1 Å². The van der Waals surface area contributed by atoms with Gasteiger partial charge in [0.2, 0.25) is 0 Å². The lowest BCUT2D eigenvalue weighted by Gasteiger charge is -2.05. The van der Waals surface area contributed by atoms with E-state index < -0.39 is 11.7 Å². The number of hydrogen-bond acceptors (Lipinski definition) is 3. The van der Waals surface area contributed by atoms with Crippen LogP contribution in [0, 0.1) is 12.7 Å². The zero-order chi connectivity index (χ0) is 14.9. The van der Waals surface area contributed by atoms with Crippen molar-refractivity contribution in [2.45, 2.75) is 26.7 Å². The number of aromatic nitrogens is 1. The Morgan fingerprint density at radius 1 is 1.45 bits per heavy atom. The summed E-state index contributed by atoms with van der Waals surface area (Å²) in [6.07, 6.45) is 0. The summed E-state index contributed by atoms with van der Waals surface area (Å²) in [7, 11) is 0. The number of nitrogens with one attached hydrogen (secondary N) is 1. The molecule has 0 aliphatic heterocycles. The summed E-state index contributed by atoms with van der Waals surface area (Å²) >= 11 is 5.66. The molecule has 0 atom stereocenters. The molecule has 0 aliphatic rings. The first-order valence-electron chi connectivity index (χ1n) is 6.12. The van der Waals surface area contributed by atoms with E-state index >= 15 is 0 Å². The molecule has 6 heteroatoms. The van der Waals surface area contributed by atoms with Crippen LogP contribution < -0.4 is 5.32 Å². The summed E-state index contributed by atoms with van der Waals surface area (Å²) in [5, 5.41) is 6.33. The molecule has 0 radical (unpaired) electrons. The van der Waals surface area contributed by atoms with Crippen molar-refractivity contribution in [1.82, 2.24) is 5.16 Å². The van der Waals surface area contributed by atoms with E-state index in [9.17, 15) is 9.18 Å². The zero-order valence-corrected chi connectivity index (χ0v) is 12.1. The smallest absolute Gasteiger partial charge is 0.278 e. The van der Waals surface area contributed by atoms with Gasteiger partial charge in [-0.2, -0.15) is 0 Å². The van der Waals surface area contributed by atoms with E-state index in [4.69, 9.17) is 16.1 Å². The molecule has 2 rings (SSSR count). The second kappa shape index (κ2) is 5.63. The third-order valence-electron chi connectivity index (χ3n) is 2.88. The van der Waals surface area contributed by atoms with E-state index in [1.54, 1.807) is 6.92 Å². The Kier molecular flexibility index (Phi) is 4.09. The number of carbonyl (C=O) groups excluding carboxylic acids is 1. The normalized spacial score (nSPS) is 10.9. The summed E-state index contributed by atoms with van der Waals surface area (Å²) in [6.45, 7) is 5.68. The standard InChI is InChI=1S/C14H14ClFN2O2/c1-7(2)13-8(3)12(18-20-13)14(19)17-9-4-5-11(16)10(15)6-9/h4-7H,1-3H3,(H,17,19). The molecule has 1 heterocycles. The van der Waals surface area contributed by atoms with E-state index in [2.05, 4.69) is 10.5 Å². The number of benzene rings is 1. The fraction of sp³-hybridized carbons (Fsp3) is 0.286. The van der Waals surface area contributed by atoms with Crippen LogP contribution in [0.5, 0.6) is 0 Å². The van der Waals surface area contributed by atoms with Crippen molar-refractivity contribution in [3.63, 3.8) is 0 Å². The van der Waals surface area contributed by atoms with Crippen molar-refractivity contribution in [2.24, 2.45) is 0 Å². The topological polar surface area (TPSA) is 55.1 Å². The fourth-order valence-corrected chi connectivity index (χ4v) is 2.04. The Morgan fingerprint density at radius 3 is 2.70 bits per heavy atom. The molecule has 0 unspecified atom stereocenters. The SMILES string of the molecule is Cc1c(C(=O)Nc2ccc(F)c(Cl)c2)noc1C(C)C. The zero-order valence-electron chi connectivity index (χ0n) is 11.3. The highest BCUT2D eigenvalue weighted by molar-refractivity contribution is 6.31. The average molecular weight is 297 g/mol. The summed E-state index contributed by atoms with van der Waals surface area (Å²) in [4.78, 5) is 12.1. The predicted molar refractivity (Wildman–Crippen MR) is 74.7 cm³/mol. The van der Waals surface area contributed by atoms with Crippen molar-refractivity contribution in [3.05, 3.63) is 46.1 Å². The Balaban J connectivity index is 2.22. The molecule has 0 bridgehead atoms. The lowest BCUT2D eigenvalue weighted by atomic mass is 10.1. The average Bonchev–Trinajstić information content (AvgIpc) is 2.76. The maximum absolute atomic E-state index is 13.0. The van der Waals surface area contributed by atoms with Crippen molar-refractivity contribution >= 4 is 23.2 Å². The second-order valence-corrected chi connectivity index (χ2v) is 5.17. The van der Waals surface area contributed by atoms with Crippen molar-refractivity contribution in [3.8, 4) is 0 Å². The van der Waals surface area contributed by atoms with Gasteiger partial charge in [-0.05, 0) is 25.1 Å². The Morgan fingerprint density at radius 2 is 2.15 bits per heavy atom. The van der Waals surface area contributed by atoms with Gasteiger partial charge in [-0.25, -0.2) is 4.39 Å². The van der Waals surface area contributed by atoms with Gasteiger partial charge in [0, 0.05) is 17.2 Å². The minimum atomic E-state index is -0.538. The molecule has 4 nitrogen and oxygen atoms in total. The molecule has 1 aromatic carbocycles. The van der Waals surface area contributed by atoms with E-state index in [0.717, 1.165) is 0 Å². The van der Waals surface area contributed by atoms with Crippen LogP contribution in [0.4, 0.5) is 10.1 Å². The highest BCUT2D eigenvalue weighted by atomic mass is 35.5. The minimum absolute atomic E-state index is 0.0532. The molecule has 0 fully saturated rings. The number of amides is 1. The van der Waals surface area contributed by atoms with Crippen LogP contribution in [0.2, 0.25) is 5.02 Å². The van der Waals surface area contributed by atoms with Gasteiger partial charge in [0.05, 0.1) is 5.02 Å². The number of hydrogen-bond donors (Lipinski definition) is 1. The quantitative estimate of drug-likeness (QED) is 0.925. The highest BCUT2D eigenvalue weighted by Gasteiger charge is 2.20. The third kappa shape index (κ3) is 2.82. The molecule has 0 aliphatic carbocycles. The summed E-state index contributed by atoms with van der Waals surface area (Å²) in [5.41, 5.74) is 1.31. The Hall–Kier alpha value is -1.88. The van der Waals surface area contributed by atoms with Crippen LogP contribution in [0.25, 0.3) is 0 Å². The van der Waals surface area contributed by atoms with Crippen LogP contribution in [-0.2, 0) is 0 Å². The molecule has 0 spiro atoms. The van der Waals surface area contributed by atoms with Crippen molar-refractivity contribution < 1.29 is 13.7 Å². The summed E-state index contributed by atoms with van der Waals surface area (Å²) in [5.74, 6) is -0.137. The molecule has 1 N–H and O–H groups in total. The molecular weight excluding hydrogens is 283 g/mol. The number of rotatable bonds is 3. The largest absolute Gasteiger partial charge is 0.360 e. The van der Waals surface area contributed by atoms with E-state index in [1.807, 2.05) is 13.8 Å². The highest BCUT2D eigenvalue weighted by Crippen LogP contribution is 2.23. The maximum atomic E-state index is 13.0. The van der Waals surface area contributed by atoms with E-state index in [0.29, 0.717) is 17.0 Å². The Labute approximate surface area is 120 Å². The van der Waals surface area contributed by atoms with Crippen molar-refractivity contribution in [2.75, 3.05) is 5.32 Å². The van der Waals surface area contributed by atoms with Gasteiger partial charge in [0.15, 0.2) is 5.69 Å². The molecule has 2 aromatic rings. The van der Waals surface area contributed by atoms with Gasteiger partial charge >= 0.3 is 0 Å². The van der Waals surface area contributed by atoms with Gasteiger partial charge in [-0.15, -0.1) is 0 Å². The van der Waals surface area contributed by atoms with Crippen LogP contribution >= 0.6 is 11.6 Å². The van der Waals surface area contributed by atoms with Gasteiger partial charge < -0.3 is 9.84 Å². The number of carbonyl (C=O) groups is 1. The molecule has 20 heavy (non-hydrogen) atoms. The summed E-state index contributed by atoms with van der Waals surface area (Å²) in [6, 6.07) is 3.96. The molecule has 0 saturated carbocycles. The fourth-order valence-electron chi connectivity index (χ4n) is 1.86. The monoisotopic (exact) mass is 296 g/mol. The van der Waals surface area contributed by atoms with Crippen LogP contribution in [0.15, 0.2) is 22.7 Å². The lowest BCUT2D eigenvalue weighted by molar-refractivity contribution is 0.101. The van der Waals surface area contributed by atoms with Crippen LogP contribution in [0.1, 0.15) is 41.6 Å². The molecule has 1 aromatic heterocycles. The minimum Gasteiger partial charge on any atom is -0.360 e.